The Hall–Kier alpha value is -3.04. The van der Waals surface area contributed by atoms with E-state index in [1.54, 1.807) is 24.0 Å². The quantitative estimate of drug-likeness (QED) is 0.235. The molecule has 0 spiro atoms. The summed E-state index contributed by atoms with van der Waals surface area (Å²) in [5.41, 5.74) is 3.37. The molecule has 0 radical (unpaired) electrons. The number of hydrogen-bond donors (Lipinski definition) is 4. The Bertz CT molecular complexity index is 1160. The van der Waals surface area contributed by atoms with Crippen molar-refractivity contribution in [2.75, 3.05) is 11.4 Å². The zero-order chi connectivity index (χ0) is 25.0. The van der Waals surface area contributed by atoms with Crippen molar-refractivity contribution in [3.63, 3.8) is 0 Å². The second-order valence-electron chi connectivity index (χ2n) is 8.17. The number of thiophene rings is 1. The summed E-state index contributed by atoms with van der Waals surface area (Å²) >= 11 is 7.60. The minimum Gasteiger partial charge on any atom is -0.481 e. The van der Waals surface area contributed by atoms with Crippen molar-refractivity contribution in [3.05, 3.63) is 50.9 Å². The van der Waals surface area contributed by atoms with Crippen LogP contribution in [0.5, 0.6) is 0 Å². The average Bonchev–Trinajstić information content (AvgIpc) is 2.98. The number of amides is 1. The highest BCUT2D eigenvalue weighted by atomic mass is 35.5. The average molecular weight is 502 g/mol. The smallest absolute Gasteiger partial charge is 0.303 e. The molecular weight excluding hydrogens is 474 g/mol. The Labute approximate surface area is 207 Å². The number of carbonyl (C=O) groups excluding carboxylic acids is 1. The van der Waals surface area contributed by atoms with E-state index in [0.717, 1.165) is 26.6 Å². The van der Waals surface area contributed by atoms with Gasteiger partial charge in [-0.05, 0) is 51.3 Å². The standard InChI is InChI=1S/C24H28ClN5O3S/c1-13-14(2)34-24-21(13)22(16-7-9-17(25)10-8-16)29-18(23(27)30(24)15(3)26)12-19(31)28-11-5-4-6-20(32)33/h7-10,18,26-27H,4-6,11-12H2,1-3H3,(H,28,31)(H,32,33)/t18-/m0/s1. The number of carbonyl (C=O) groups is 2. The minimum atomic E-state index is -0.859. The Kier molecular flexibility index (Phi) is 8.22. The van der Waals surface area contributed by atoms with Crippen LogP contribution in [0.25, 0.3) is 0 Å². The molecule has 0 unspecified atom stereocenters. The first-order valence-corrected chi connectivity index (χ1v) is 12.2. The van der Waals surface area contributed by atoms with Gasteiger partial charge >= 0.3 is 5.97 Å². The summed E-state index contributed by atoms with van der Waals surface area (Å²) in [6.45, 7) is 5.99. The van der Waals surface area contributed by atoms with Gasteiger partial charge in [0.25, 0.3) is 0 Å². The van der Waals surface area contributed by atoms with Crippen LogP contribution >= 0.6 is 22.9 Å². The highest BCUT2D eigenvalue weighted by Crippen LogP contribution is 2.40. The number of rotatable bonds is 8. The highest BCUT2D eigenvalue weighted by molar-refractivity contribution is 7.17. The lowest BCUT2D eigenvalue weighted by atomic mass is 9.99. The van der Waals surface area contributed by atoms with Gasteiger partial charge in [0, 0.05) is 34.0 Å². The third-order valence-corrected chi connectivity index (χ3v) is 7.06. The molecule has 0 saturated carbocycles. The molecule has 180 valence electrons. The fourth-order valence-corrected chi connectivity index (χ4v) is 5.11. The zero-order valence-corrected chi connectivity index (χ0v) is 20.9. The van der Waals surface area contributed by atoms with Gasteiger partial charge in [-0.3, -0.25) is 30.3 Å². The van der Waals surface area contributed by atoms with E-state index >= 15 is 0 Å². The summed E-state index contributed by atoms with van der Waals surface area (Å²) in [7, 11) is 0. The van der Waals surface area contributed by atoms with Crippen molar-refractivity contribution in [2.45, 2.75) is 52.5 Å². The number of nitrogens with zero attached hydrogens (tertiary/aromatic N) is 2. The fraction of sp³-hybridized carbons (Fsp3) is 0.375. The predicted molar refractivity (Wildman–Crippen MR) is 137 cm³/mol. The van der Waals surface area contributed by atoms with Crippen molar-refractivity contribution >= 4 is 57.2 Å². The maximum absolute atomic E-state index is 12.7. The Morgan fingerprint density at radius 3 is 2.53 bits per heavy atom. The number of halogens is 1. The molecule has 2 aromatic rings. The van der Waals surface area contributed by atoms with E-state index in [0.29, 0.717) is 30.1 Å². The molecule has 1 aliphatic rings. The van der Waals surface area contributed by atoms with Crippen LogP contribution < -0.4 is 10.2 Å². The molecule has 0 bridgehead atoms. The van der Waals surface area contributed by atoms with E-state index in [-0.39, 0.29) is 30.4 Å². The highest BCUT2D eigenvalue weighted by Gasteiger charge is 2.34. The van der Waals surface area contributed by atoms with Gasteiger partial charge in [0.2, 0.25) is 5.91 Å². The third-order valence-electron chi connectivity index (χ3n) is 5.62. The number of carboxylic acid groups (broad SMARTS) is 1. The molecule has 1 amide bonds. The Morgan fingerprint density at radius 2 is 1.91 bits per heavy atom. The third kappa shape index (κ3) is 5.71. The number of amidine groups is 2. The van der Waals surface area contributed by atoms with Crippen LogP contribution in [0.1, 0.15) is 54.2 Å². The van der Waals surface area contributed by atoms with Crippen molar-refractivity contribution in [1.82, 2.24) is 5.32 Å². The molecule has 1 aromatic heterocycles. The van der Waals surface area contributed by atoms with Gasteiger partial charge in [-0.15, -0.1) is 11.3 Å². The van der Waals surface area contributed by atoms with Crippen LogP contribution in [0, 0.1) is 24.7 Å². The predicted octanol–water partition coefficient (Wildman–Crippen LogP) is 4.78. The van der Waals surface area contributed by atoms with Crippen LogP contribution in [-0.2, 0) is 9.59 Å². The van der Waals surface area contributed by atoms with Crippen LogP contribution in [0.4, 0.5) is 5.00 Å². The van der Waals surface area contributed by atoms with Crippen molar-refractivity contribution in [2.24, 2.45) is 4.99 Å². The first-order chi connectivity index (χ1) is 16.1. The number of aliphatic carboxylic acids is 1. The van der Waals surface area contributed by atoms with Crippen LogP contribution in [-0.4, -0.2) is 47.0 Å². The lowest BCUT2D eigenvalue weighted by Crippen LogP contribution is -2.42. The lowest BCUT2D eigenvalue weighted by molar-refractivity contribution is -0.137. The molecular formula is C24H28ClN5O3S. The molecule has 1 atom stereocenters. The number of unbranched alkanes of at least 4 members (excludes halogenated alkanes) is 1. The van der Waals surface area contributed by atoms with Gasteiger partial charge in [0.05, 0.1) is 12.1 Å². The van der Waals surface area contributed by atoms with E-state index < -0.39 is 12.0 Å². The molecule has 2 heterocycles. The summed E-state index contributed by atoms with van der Waals surface area (Å²) < 4.78 is 0. The Morgan fingerprint density at radius 1 is 1.24 bits per heavy atom. The number of carboxylic acids is 1. The molecule has 1 aliphatic heterocycles. The first-order valence-electron chi connectivity index (χ1n) is 11.0. The van der Waals surface area contributed by atoms with E-state index in [9.17, 15) is 9.59 Å². The van der Waals surface area contributed by atoms with Crippen LogP contribution in [0.3, 0.4) is 0 Å². The number of hydrogen-bond acceptors (Lipinski definition) is 6. The molecule has 0 fully saturated rings. The summed E-state index contributed by atoms with van der Waals surface area (Å²) in [6, 6.07) is 6.51. The van der Waals surface area contributed by atoms with Gasteiger partial charge in [-0.1, -0.05) is 23.7 Å². The normalized spacial score (nSPS) is 15.4. The lowest BCUT2D eigenvalue weighted by Gasteiger charge is -2.24. The van der Waals surface area contributed by atoms with E-state index in [1.807, 2.05) is 26.0 Å². The molecule has 1 aromatic carbocycles. The number of anilines is 1. The molecule has 10 heteroatoms. The SMILES string of the molecule is CC(=N)N1C(=N)[C@H](CC(=O)NCCCCC(=O)O)N=C(c2ccc(Cl)cc2)c2c1sc(C)c2C. The van der Waals surface area contributed by atoms with Crippen molar-refractivity contribution < 1.29 is 14.7 Å². The first kappa shape index (κ1) is 25.6. The van der Waals surface area contributed by atoms with E-state index in [1.165, 1.54) is 11.3 Å². The number of aliphatic imine (C=N–C) groups is 1. The van der Waals surface area contributed by atoms with E-state index in [2.05, 4.69) is 5.32 Å². The number of fused-ring (bicyclic) bond motifs is 1. The minimum absolute atomic E-state index is 0.0500. The molecule has 0 saturated heterocycles. The van der Waals surface area contributed by atoms with Crippen LogP contribution in [0.2, 0.25) is 5.02 Å². The van der Waals surface area contributed by atoms with E-state index in [4.69, 9.17) is 32.5 Å². The number of nitrogens with one attached hydrogen (secondary N) is 3. The summed E-state index contributed by atoms with van der Waals surface area (Å²) in [5, 5.41) is 30.1. The maximum atomic E-state index is 12.7. The number of aryl methyl sites for hydroxylation is 1. The van der Waals surface area contributed by atoms with Gasteiger partial charge in [0.15, 0.2) is 0 Å². The molecule has 3 rings (SSSR count). The molecule has 4 N–H and O–H groups in total. The second-order valence-corrected chi connectivity index (χ2v) is 9.81. The van der Waals surface area contributed by atoms with Gasteiger partial charge in [-0.25, -0.2) is 0 Å². The topological polar surface area (TPSA) is 130 Å². The summed E-state index contributed by atoms with van der Waals surface area (Å²) in [5.74, 6) is -0.883. The summed E-state index contributed by atoms with van der Waals surface area (Å²) in [6.07, 6.45) is 1.05. The molecule has 8 nitrogen and oxygen atoms in total. The van der Waals surface area contributed by atoms with Crippen LogP contribution in [0.15, 0.2) is 29.3 Å². The molecule has 34 heavy (non-hydrogen) atoms. The van der Waals surface area contributed by atoms with Crippen molar-refractivity contribution in [3.8, 4) is 0 Å². The van der Waals surface area contributed by atoms with Gasteiger partial charge in [0.1, 0.15) is 22.7 Å². The second kappa shape index (κ2) is 10.9. The van der Waals surface area contributed by atoms with Crippen molar-refractivity contribution in [1.29, 1.82) is 10.8 Å². The number of benzene rings is 1. The fourth-order valence-electron chi connectivity index (χ4n) is 3.76. The summed E-state index contributed by atoms with van der Waals surface area (Å²) in [4.78, 5) is 30.9. The van der Waals surface area contributed by atoms with Gasteiger partial charge in [-0.2, -0.15) is 0 Å². The zero-order valence-electron chi connectivity index (χ0n) is 19.4. The largest absolute Gasteiger partial charge is 0.481 e. The van der Waals surface area contributed by atoms with Gasteiger partial charge < -0.3 is 10.4 Å². The maximum Gasteiger partial charge on any atom is 0.303 e. The monoisotopic (exact) mass is 501 g/mol. The Balaban J connectivity index is 1.96. The molecule has 0 aliphatic carbocycles.